The predicted molar refractivity (Wildman–Crippen MR) is 133 cm³/mol. The number of aliphatic hydroxyl groups is 1. The second kappa shape index (κ2) is 9.13. The first-order chi connectivity index (χ1) is 15.9. The van der Waals surface area contributed by atoms with Crippen molar-refractivity contribution >= 4 is 5.82 Å². The third-order valence-electron chi connectivity index (χ3n) is 10.2. The summed E-state index contributed by atoms with van der Waals surface area (Å²) in [5, 5.41) is 9.98. The van der Waals surface area contributed by atoms with Crippen molar-refractivity contribution in [2.24, 2.45) is 29.4 Å². The average molecular weight is 456 g/mol. The fourth-order valence-corrected chi connectivity index (χ4v) is 8.69. The van der Waals surface area contributed by atoms with Crippen LogP contribution in [0.15, 0.2) is 18.3 Å². The SMILES string of the molecule is C[C@]1(C2CCCCC2)O[C@@]2([C@H]3CCC[C@H](Cc4ccc(N)nc4)C3)CC[C@@H]1[C@](N)(CCO)C2. The number of anilines is 1. The Kier molecular flexibility index (Phi) is 6.52. The molecule has 0 spiro atoms. The van der Waals surface area contributed by atoms with Gasteiger partial charge in [0.05, 0.1) is 11.2 Å². The van der Waals surface area contributed by atoms with Crippen LogP contribution >= 0.6 is 0 Å². The van der Waals surface area contributed by atoms with Gasteiger partial charge in [0, 0.05) is 24.3 Å². The van der Waals surface area contributed by atoms with Gasteiger partial charge in [-0.25, -0.2) is 4.98 Å². The Hall–Kier alpha value is -1.17. The summed E-state index contributed by atoms with van der Waals surface area (Å²) in [4.78, 5) is 4.31. The number of ether oxygens (including phenoxy) is 1. The summed E-state index contributed by atoms with van der Waals surface area (Å²) in [7, 11) is 0. The summed E-state index contributed by atoms with van der Waals surface area (Å²) in [6, 6.07) is 4.06. The summed E-state index contributed by atoms with van der Waals surface area (Å²) in [6.07, 6.45) is 18.5. The fraction of sp³-hybridized carbons (Fsp3) is 0.821. The molecule has 2 saturated heterocycles. The summed E-state index contributed by atoms with van der Waals surface area (Å²) < 4.78 is 7.41. The van der Waals surface area contributed by atoms with Gasteiger partial charge in [-0.1, -0.05) is 38.2 Å². The van der Waals surface area contributed by atoms with Crippen LogP contribution in [0.2, 0.25) is 0 Å². The Bertz CT molecular complexity index is 810. The van der Waals surface area contributed by atoms with Gasteiger partial charge in [-0.2, -0.15) is 0 Å². The molecule has 2 bridgehead atoms. The molecule has 1 aromatic rings. The molecule has 2 aliphatic heterocycles. The smallest absolute Gasteiger partial charge is 0.123 e. The second-order valence-electron chi connectivity index (χ2n) is 12.2. The van der Waals surface area contributed by atoms with E-state index in [1.54, 1.807) is 0 Å². The van der Waals surface area contributed by atoms with E-state index >= 15 is 0 Å². The largest absolute Gasteiger partial charge is 0.396 e. The first-order valence-electron chi connectivity index (χ1n) is 13.7. The third kappa shape index (κ3) is 4.34. The molecule has 3 aliphatic carbocycles. The van der Waals surface area contributed by atoms with Crippen molar-refractivity contribution < 1.29 is 9.84 Å². The molecule has 184 valence electrons. The predicted octanol–water partition coefficient (Wildman–Crippen LogP) is 5.00. The van der Waals surface area contributed by atoms with Gasteiger partial charge in [0.25, 0.3) is 0 Å². The molecule has 0 unspecified atom stereocenters. The Balaban J connectivity index is 1.39. The molecule has 3 saturated carbocycles. The van der Waals surface area contributed by atoms with E-state index in [4.69, 9.17) is 16.2 Å². The van der Waals surface area contributed by atoms with E-state index in [1.165, 1.54) is 63.4 Å². The highest BCUT2D eigenvalue weighted by Gasteiger charge is 2.65. The van der Waals surface area contributed by atoms with E-state index in [9.17, 15) is 5.11 Å². The zero-order valence-corrected chi connectivity index (χ0v) is 20.6. The molecule has 5 heteroatoms. The fourth-order valence-electron chi connectivity index (χ4n) is 8.69. The molecular formula is C28H45N3O2. The lowest BCUT2D eigenvalue weighted by molar-refractivity contribution is -0.312. The summed E-state index contributed by atoms with van der Waals surface area (Å²) in [5.41, 5.74) is 13.8. The highest BCUT2D eigenvalue weighted by Crippen LogP contribution is 2.62. The van der Waals surface area contributed by atoms with Crippen LogP contribution in [-0.2, 0) is 11.2 Å². The molecular weight excluding hydrogens is 410 g/mol. The number of aliphatic hydroxyl groups excluding tert-OH is 1. The van der Waals surface area contributed by atoms with E-state index < -0.39 is 0 Å². The summed E-state index contributed by atoms with van der Waals surface area (Å²) in [6.45, 7) is 2.58. The molecule has 3 heterocycles. The summed E-state index contributed by atoms with van der Waals surface area (Å²) in [5.74, 6) is 2.79. The molecule has 6 rings (SSSR count). The van der Waals surface area contributed by atoms with Crippen LogP contribution in [0.4, 0.5) is 5.82 Å². The number of aromatic nitrogens is 1. The minimum atomic E-state index is -0.300. The molecule has 1 aromatic heterocycles. The number of nitrogens with two attached hydrogens (primary N) is 2. The molecule has 5 N–H and O–H groups in total. The van der Waals surface area contributed by atoms with Gasteiger partial charge in [-0.3, -0.25) is 0 Å². The number of hydrogen-bond donors (Lipinski definition) is 3. The molecule has 0 aromatic carbocycles. The second-order valence-corrected chi connectivity index (χ2v) is 12.2. The lowest BCUT2D eigenvalue weighted by Gasteiger charge is -2.68. The van der Waals surface area contributed by atoms with Crippen LogP contribution in [0.25, 0.3) is 0 Å². The topological polar surface area (TPSA) is 94.4 Å². The van der Waals surface area contributed by atoms with E-state index in [0.717, 1.165) is 25.7 Å². The van der Waals surface area contributed by atoms with E-state index in [0.29, 0.717) is 35.9 Å². The molecule has 0 amide bonds. The Morgan fingerprint density at radius 1 is 1.06 bits per heavy atom. The average Bonchev–Trinajstić information content (AvgIpc) is 2.81. The molecule has 5 fully saturated rings. The van der Waals surface area contributed by atoms with Crippen molar-refractivity contribution in [2.75, 3.05) is 12.3 Å². The minimum absolute atomic E-state index is 0.122. The number of pyridine rings is 1. The Morgan fingerprint density at radius 3 is 2.58 bits per heavy atom. The maximum absolute atomic E-state index is 9.98. The van der Waals surface area contributed by atoms with Crippen molar-refractivity contribution in [1.29, 1.82) is 0 Å². The Labute approximate surface area is 200 Å². The van der Waals surface area contributed by atoms with Crippen LogP contribution < -0.4 is 11.5 Å². The number of nitrogen functional groups attached to an aromatic ring is 1. The zero-order chi connectivity index (χ0) is 23.1. The van der Waals surface area contributed by atoms with Gasteiger partial charge in [-0.05, 0) is 94.1 Å². The number of fused-ring (bicyclic) bond motifs is 3. The van der Waals surface area contributed by atoms with Crippen LogP contribution in [0.1, 0.15) is 96.0 Å². The lowest BCUT2D eigenvalue weighted by Crippen LogP contribution is -2.74. The van der Waals surface area contributed by atoms with Crippen LogP contribution in [0.3, 0.4) is 0 Å². The highest BCUT2D eigenvalue weighted by molar-refractivity contribution is 5.29. The number of rotatable bonds is 6. The molecule has 0 radical (unpaired) electrons. The zero-order valence-electron chi connectivity index (χ0n) is 20.6. The van der Waals surface area contributed by atoms with Crippen molar-refractivity contribution in [2.45, 2.75) is 114 Å². The summed E-state index contributed by atoms with van der Waals surface area (Å²) >= 11 is 0. The lowest BCUT2D eigenvalue weighted by atomic mass is 9.50. The highest BCUT2D eigenvalue weighted by atomic mass is 16.5. The van der Waals surface area contributed by atoms with Crippen molar-refractivity contribution in [1.82, 2.24) is 4.98 Å². The van der Waals surface area contributed by atoms with Crippen molar-refractivity contribution in [3.63, 3.8) is 0 Å². The van der Waals surface area contributed by atoms with E-state index in [-0.39, 0.29) is 23.3 Å². The maximum Gasteiger partial charge on any atom is 0.123 e. The van der Waals surface area contributed by atoms with Gasteiger partial charge < -0.3 is 21.3 Å². The van der Waals surface area contributed by atoms with E-state index in [1.807, 2.05) is 12.3 Å². The van der Waals surface area contributed by atoms with Gasteiger partial charge >= 0.3 is 0 Å². The quantitative estimate of drug-likeness (QED) is 0.561. The normalized spacial score (nSPS) is 41.8. The van der Waals surface area contributed by atoms with E-state index in [2.05, 4.69) is 18.0 Å². The van der Waals surface area contributed by atoms with Crippen molar-refractivity contribution in [3.8, 4) is 0 Å². The Morgan fingerprint density at radius 2 is 1.85 bits per heavy atom. The van der Waals surface area contributed by atoms with Gasteiger partial charge in [-0.15, -0.1) is 0 Å². The van der Waals surface area contributed by atoms with Crippen LogP contribution in [0.5, 0.6) is 0 Å². The van der Waals surface area contributed by atoms with Crippen molar-refractivity contribution in [3.05, 3.63) is 23.9 Å². The third-order valence-corrected chi connectivity index (χ3v) is 10.2. The molecule has 5 aliphatic rings. The van der Waals surface area contributed by atoms with Gasteiger partial charge in [0.15, 0.2) is 0 Å². The molecule has 33 heavy (non-hydrogen) atoms. The van der Waals surface area contributed by atoms with Crippen LogP contribution in [0, 0.1) is 23.7 Å². The van der Waals surface area contributed by atoms with Crippen LogP contribution in [-0.4, -0.2) is 33.4 Å². The molecule has 5 nitrogen and oxygen atoms in total. The van der Waals surface area contributed by atoms with Gasteiger partial charge in [0.1, 0.15) is 5.82 Å². The number of nitrogens with zero attached hydrogens (tertiary/aromatic N) is 1. The maximum atomic E-state index is 9.98. The molecule has 6 atom stereocenters. The first-order valence-corrected chi connectivity index (χ1v) is 13.7. The standard InChI is InChI=1S/C28H45N3O2/c1-26(22-7-3-2-4-8-22)24-12-13-28(33-26,19-27(24,30)14-15-32)23-9-5-6-20(17-23)16-21-10-11-25(29)31-18-21/h10-11,18,20,22-24,32H,2-9,12-17,19,30H2,1H3,(H2,29,31)/t20-,23+,24+,26-,27+,28+/m1/s1. The number of hydrogen-bond acceptors (Lipinski definition) is 5. The first kappa shape index (κ1) is 23.6. The monoisotopic (exact) mass is 455 g/mol. The minimum Gasteiger partial charge on any atom is -0.396 e. The van der Waals surface area contributed by atoms with Gasteiger partial charge in [0.2, 0.25) is 0 Å².